The van der Waals surface area contributed by atoms with Crippen molar-refractivity contribution in [1.29, 1.82) is 0 Å². The summed E-state index contributed by atoms with van der Waals surface area (Å²) in [6.07, 6.45) is 0.909. The van der Waals surface area contributed by atoms with Crippen molar-refractivity contribution < 1.29 is 24.2 Å². The summed E-state index contributed by atoms with van der Waals surface area (Å²) in [7, 11) is 1.53. The van der Waals surface area contributed by atoms with Gasteiger partial charge in [0.15, 0.2) is 0 Å². The number of aryl methyl sites for hydroxylation is 1. The third-order valence-corrected chi connectivity index (χ3v) is 6.41. The van der Waals surface area contributed by atoms with E-state index in [0.29, 0.717) is 23.7 Å². The maximum absolute atomic E-state index is 12.6. The van der Waals surface area contributed by atoms with E-state index in [1.807, 2.05) is 50.2 Å². The van der Waals surface area contributed by atoms with Gasteiger partial charge in [0.1, 0.15) is 5.75 Å². The molecule has 3 rings (SSSR count). The van der Waals surface area contributed by atoms with Crippen LogP contribution in [0.1, 0.15) is 43.9 Å². The van der Waals surface area contributed by atoms with E-state index < -0.39 is 5.97 Å². The van der Waals surface area contributed by atoms with Crippen LogP contribution in [0, 0.1) is 12.8 Å². The van der Waals surface area contributed by atoms with Gasteiger partial charge in [-0.15, -0.1) is 0 Å². The van der Waals surface area contributed by atoms with Crippen LogP contribution in [0.2, 0.25) is 0 Å². The van der Waals surface area contributed by atoms with Gasteiger partial charge < -0.3 is 25.8 Å². The molecule has 188 valence electrons. The van der Waals surface area contributed by atoms with Crippen molar-refractivity contribution in [2.75, 3.05) is 30.8 Å². The lowest BCUT2D eigenvalue weighted by Crippen LogP contribution is -2.36. The topological polar surface area (TPSA) is 120 Å². The second-order valence-corrected chi connectivity index (χ2v) is 9.02. The Morgan fingerprint density at radius 2 is 1.86 bits per heavy atom. The van der Waals surface area contributed by atoms with E-state index in [-0.39, 0.29) is 36.4 Å². The van der Waals surface area contributed by atoms with Crippen LogP contribution < -0.4 is 20.7 Å². The molecule has 3 amide bonds. The monoisotopic (exact) mass is 482 g/mol. The SMILES string of the molecule is COc1cc(C(NC(C)=O)C2CCN(C(C)CC(=O)O)C2)ccc1NC(=O)Nc1ccccc1C. The van der Waals surface area contributed by atoms with Gasteiger partial charge in [0.25, 0.3) is 0 Å². The molecule has 0 aromatic heterocycles. The molecule has 0 bridgehead atoms. The smallest absolute Gasteiger partial charge is 0.323 e. The van der Waals surface area contributed by atoms with E-state index in [1.165, 1.54) is 14.0 Å². The summed E-state index contributed by atoms with van der Waals surface area (Å²) < 4.78 is 5.55. The van der Waals surface area contributed by atoms with Crippen molar-refractivity contribution in [3.63, 3.8) is 0 Å². The predicted octanol–water partition coefficient (Wildman–Crippen LogP) is 4.01. The minimum atomic E-state index is -0.821. The second-order valence-electron chi connectivity index (χ2n) is 9.02. The Kier molecular flexibility index (Phi) is 8.70. The molecule has 4 N–H and O–H groups in total. The van der Waals surface area contributed by atoms with Crippen LogP contribution in [0.25, 0.3) is 0 Å². The number of benzene rings is 2. The summed E-state index contributed by atoms with van der Waals surface area (Å²) in [6.45, 7) is 6.76. The van der Waals surface area contributed by atoms with Gasteiger partial charge in [-0.2, -0.15) is 0 Å². The number of urea groups is 1. The minimum absolute atomic E-state index is 0.0796. The van der Waals surface area contributed by atoms with Crippen LogP contribution in [-0.4, -0.2) is 54.2 Å². The first-order valence-electron chi connectivity index (χ1n) is 11.7. The standard InChI is InChI=1S/C26H34N4O5/c1-16-7-5-6-8-21(16)28-26(34)29-22-10-9-19(14-23(22)35-4)25(27-18(3)31)20-11-12-30(15-20)17(2)13-24(32)33/h5-10,14,17,20,25H,11-13,15H2,1-4H3,(H,27,31)(H,32,33)(H2,28,29,34). The number of para-hydroxylation sites is 1. The van der Waals surface area contributed by atoms with Gasteiger partial charge in [-0.25, -0.2) is 4.79 Å². The summed E-state index contributed by atoms with van der Waals surface area (Å²) in [5.41, 5.74) is 3.03. The Bertz CT molecular complexity index is 1070. The first-order valence-corrected chi connectivity index (χ1v) is 11.7. The molecule has 0 saturated carbocycles. The van der Waals surface area contributed by atoms with Crippen LogP contribution in [0.5, 0.6) is 5.75 Å². The van der Waals surface area contributed by atoms with Crippen molar-refractivity contribution in [2.45, 2.75) is 45.7 Å². The summed E-state index contributed by atoms with van der Waals surface area (Å²) in [6, 6.07) is 12.2. The maximum Gasteiger partial charge on any atom is 0.323 e. The summed E-state index contributed by atoms with van der Waals surface area (Å²) in [4.78, 5) is 37.8. The number of carboxylic acids is 1. The largest absolute Gasteiger partial charge is 0.495 e. The molecule has 0 aliphatic carbocycles. The number of aliphatic carboxylic acids is 1. The first-order chi connectivity index (χ1) is 16.7. The van der Waals surface area contributed by atoms with Crippen LogP contribution in [-0.2, 0) is 9.59 Å². The van der Waals surface area contributed by atoms with Crippen LogP contribution >= 0.6 is 0 Å². The van der Waals surface area contributed by atoms with Crippen LogP contribution in [0.3, 0.4) is 0 Å². The summed E-state index contributed by atoms with van der Waals surface area (Å²) in [5.74, 6) is -0.376. The lowest BCUT2D eigenvalue weighted by molar-refractivity contribution is -0.138. The van der Waals surface area contributed by atoms with Crippen molar-refractivity contribution in [1.82, 2.24) is 10.2 Å². The lowest BCUT2D eigenvalue weighted by atomic mass is 9.91. The van der Waals surface area contributed by atoms with Gasteiger partial charge in [-0.3, -0.25) is 14.5 Å². The summed E-state index contributed by atoms with van der Waals surface area (Å²) in [5, 5.41) is 17.8. The molecule has 9 nitrogen and oxygen atoms in total. The summed E-state index contributed by atoms with van der Waals surface area (Å²) >= 11 is 0. The molecule has 0 spiro atoms. The quantitative estimate of drug-likeness (QED) is 0.429. The van der Waals surface area contributed by atoms with Crippen LogP contribution in [0.15, 0.2) is 42.5 Å². The zero-order valence-corrected chi connectivity index (χ0v) is 20.6. The molecule has 0 radical (unpaired) electrons. The number of amides is 3. The molecule has 2 aromatic rings. The average molecular weight is 483 g/mol. The molecule has 1 heterocycles. The Morgan fingerprint density at radius 3 is 2.51 bits per heavy atom. The third kappa shape index (κ3) is 6.95. The molecule has 3 unspecified atom stereocenters. The van der Waals surface area contributed by atoms with E-state index in [9.17, 15) is 14.4 Å². The highest BCUT2D eigenvalue weighted by molar-refractivity contribution is 6.01. The number of carbonyl (C=O) groups is 3. The fourth-order valence-corrected chi connectivity index (χ4v) is 4.56. The van der Waals surface area contributed by atoms with Crippen molar-refractivity contribution in [2.24, 2.45) is 5.92 Å². The number of rotatable bonds is 9. The predicted molar refractivity (Wildman–Crippen MR) is 135 cm³/mol. The number of nitrogens with zero attached hydrogens (tertiary/aromatic N) is 1. The van der Waals surface area contributed by atoms with Crippen molar-refractivity contribution in [3.8, 4) is 5.75 Å². The number of hydrogen-bond donors (Lipinski definition) is 4. The van der Waals surface area contributed by atoms with E-state index in [1.54, 1.807) is 6.07 Å². The number of hydrogen-bond acceptors (Lipinski definition) is 5. The van der Waals surface area contributed by atoms with E-state index >= 15 is 0 Å². The molecule has 9 heteroatoms. The Balaban J connectivity index is 1.76. The van der Waals surface area contributed by atoms with E-state index in [2.05, 4.69) is 20.9 Å². The van der Waals surface area contributed by atoms with E-state index in [4.69, 9.17) is 9.84 Å². The molecule has 2 aromatic carbocycles. The molecule has 1 aliphatic heterocycles. The van der Waals surface area contributed by atoms with Gasteiger partial charge in [0, 0.05) is 25.2 Å². The molecular formula is C26H34N4O5. The maximum atomic E-state index is 12.6. The Hall–Kier alpha value is -3.59. The highest BCUT2D eigenvalue weighted by Crippen LogP contribution is 2.35. The second kappa shape index (κ2) is 11.7. The highest BCUT2D eigenvalue weighted by atomic mass is 16.5. The number of anilines is 2. The van der Waals surface area contributed by atoms with Gasteiger partial charge >= 0.3 is 12.0 Å². The number of carboxylic acid groups (broad SMARTS) is 1. The van der Waals surface area contributed by atoms with Gasteiger partial charge in [-0.1, -0.05) is 24.3 Å². The lowest BCUT2D eigenvalue weighted by Gasteiger charge is -2.27. The first kappa shape index (κ1) is 26.0. The third-order valence-electron chi connectivity index (χ3n) is 6.41. The number of methoxy groups -OCH3 is 1. The zero-order chi connectivity index (χ0) is 25.5. The molecule has 1 aliphatic rings. The van der Waals surface area contributed by atoms with Gasteiger partial charge in [-0.05, 0) is 62.1 Å². The number of likely N-dealkylation sites (tertiary alicyclic amines) is 1. The van der Waals surface area contributed by atoms with Crippen molar-refractivity contribution >= 4 is 29.3 Å². The normalized spacial score (nSPS) is 17.3. The molecular weight excluding hydrogens is 448 g/mol. The van der Waals surface area contributed by atoms with E-state index in [0.717, 1.165) is 24.1 Å². The number of carbonyl (C=O) groups excluding carboxylic acids is 2. The minimum Gasteiger partial charge on any atom is -0.495 e. The number of nitrogens with one attached hydrogen (secondary N) is 3. The van der Waals surface area contributed by atoms with Crippen LogP contribution in [0.4, 0.5) is 16.2 Å². The van der Waals surface area contributed by atoms with Gasteiger partial charge in [0.05, 0.1) is 25.3 Å². The Labute approximate surface area is 205 Å². The van der Waals surface area contributed by atoms with Crippen molar-refractivity contribution in [3.05, 3.63) is 53.6 Å². The van der Waals surface area contributed by atoms with Gasteiger partial charge in [0.2, 0.25) is 5.91 Å². The molecule has 1 saturated heterocycles. The fourth-order valence-electron chi connectivity index (χ4n) is 4.56. The fraction of sp³-hybridized carbons (Fsp3) is 0.423. The zero-order valence-electron chi connectivity index (χ0n) is 20.6. The molecule has 1 fully saturated rings. The Morgan fingerprint density at radius 1 is 1.14 bits per heavy atom. The average Bonchev–Trinajstić information content (AvgIpc) is 3.29. The molecule has 3 atom stereocenters. The number of ether oxygens (including phenoxy) is 1. The molecule has 35 heavy (non-hydrogen) atoms. The highest BCUT2D eigenvalue weighted by Gasteiger charge is 2.34.